The van der Waals surface area contributed by atoms with Crippen LogP contribution < -0.4 is 0 Å². The molecule has 0 saturated heterocycles. The lowest BCUT2D eigenvalue weighted by molar-refractivity contribution is 0.546. The molecule has 2 nitrogen and oxygen atoms in total. The Morgan fingerprint density at radius 3 is 2.35 bits per heavy atom. The fourth-order valence-electron chi connectivity index (χ4n) is 2.38. The highest BCUT2D eigenvalue weighted by Crippen LogP contribution is 2.31. The van der Waals surface area contributed by atoms with Crippen molar-refractivity contribution in [2.75, 3.05) is 0 Å². The van der Waals surface area contributed by atoms with Crippen molar-refractivity contribution in [1.82, 2.24) is 9.78 Å². The molecule has 17 heavy (non-hydrogen) atoms. The maximum Gasteiger partial charge on any atom is 0.127 e. The summed E-state index contributed by atoms with van der Waals surface area (Å²) in [6.45, 7) is 10.2. The molecule has 1 heterocycles. The van der Waals surface area contributed by atoms with E-state index >= 15 is 0 Å². The smallest absolute Gasteiger partial charge is 0.127 e. The Bertz CT molecular complexity index is 553. The highest BCUT2D eigenvalue weighted by atomic mass is 19.1. The van der Waals surface area contributed by atoms with Gasteiger partial charge in [0.2, 0.25) is 0 Å². The van der Waals surface area contributed by atoms with Gasteiger partial charge in [-0.1, -0.05) is 13.8 Å². The van der Waals surface area contributed by atoms with Gasteiger partial charge in [0, 0.05) is 17.0 Å². The lowest BCUT2D eigenvalue weighted by Crippen LogP contribution is -2.02. The van der Waals surface area contributed by atoms with E-state index in [1.807, 2.05) is 31.5 Å². The highest BCUT2D eigenvalue weighted by molar-refractivity contribution is 5.86. The summed E-state index contributed by atoms with van der Waals surface area (Å²) in [6.07, 6.45) is 0. The second-order valence-electron chi connectivity index (χ2n) is 5.13. The molecule has 2 aromatic rings. The van der Waals surface area contributed by atoms with E-state index in [0.717, 1.165) is 22.2 Å². The number of halogens is 1. The van der Waals surface area contributed by atoms with Crippen LogP contribution in [0.25, 0.3) is 10.9 Å². The van der Waals surface area contributed by atoms with Crippen molar-refractivity contribution in [3.8, 4) is 0 Å². The zero-order valence-corrected chi connectivity index (χ0v) is 11.1. The van der Waals surface area contributed by atoms with Crippen molar-refractivity contribution in [3.63, 3.8) is 0 Å². The van der Waals surface area contributed by atoms with Crippen LogP contribution in [0.4, 0.5) is 4.39 Å². The average Bonchev–Trinajstić information content (AvgIpc) is 2.56. The number of nitrogens with zero attached hydrogens (tertiary/aromatic N) is 2. The first-order valence-electron chi connectivity index (χ1n) is 6.10. The van der Waals surface area contributed by atoms with Gasteiger partial charge in [-0.15, -0.1) is 0 Å². The zero-order valence-electron chi connectivity index (χ0n) is 11.1. The van der Waals surface area contributed by atoms with E-state index in [1.165, 1.54) is 0 Å². The quantitative estimate of drug-likeness (QED) is 0.762. The molecule has 0 unspecified atom stereocenters. The van der Waals surface area contributed by atoms with Gasteiger partial charge in [0.05, 0.1) is 11.2 Å². The third-order valence-electron chi connectivity index (χ3n) is 3.10. The normalized spacial score (nSPS) is 12.0. The Morgan fingerprint density at radius 2 is 1.82 bits per heavy atom. The average molecular weight is 234 g/mol. The van der Waals surface area contributed by atoms with Crippen LogP contribution in [-0.4, -0.2) is 9.78 Å². The third-order valence-corrected chi connectivity index (χ3v) is 3.10. The van der Waals surface area contributed by atoms with Crippen LogP contribution in [-0.2, 0) is 0 Å². The summed E-state index contributed by atoms with van der Waals surface area (Å²) in [4.78, 5) is 0. The van der Waals surface area contributed by atoms with Crippen molar-refractivity contribution < 1.29 is 4.39 Å². The molecule has 0 aliphatic carbocycles. The Hall–Kier alpha value is -1.38. The van der Waals surface area contributed by atoms with Crippen LogP contribution in [0.15, 0.2) is 12.1 Å². The lowest BCUT2D eigenvalue weighted by atomic mass is 9.97. The van der Waals surface area contributed by atoms with E-state index in [4.69, 9.17) is 0 Å². The van der Waals surface area contributed by atoms with Crippen molar-refractivity contribution in [2.45, 2.75) is 46.6 Å². The molecule has 1 aromatic carbocycles. The molecule has 0 spiro atoms. The van der Waals surface area contributed by atoms with Gasteiger partial charge in [0.25, 0.3) is 0 Å². The van der Waals surface area contributed by atoms with Gasteiger partial charge in [-0.05, 0) is 38.8 Å². The van der Waals surface area contributed by atoms with Crippen molar-refractivity contribution in [2.24, 2.45) is 0 Å². The fraction of sp³-hybridized carbons (Fsp3) is 0.500. The summed E-state index contributed by atoms with van der Waals surface area (Å²) in [6, 6.07) is 3.67. The minimum Gasteiger partial charge on any atom is -0.262 e. The molecule has 3 heteroatoms. The van der Waals surface area contributed by atoms with E-state index in [2.05, 4.69) is 18.9 Å². The number of hydrogen-bond donors (Lipinski definition) is 0. The Labute approximate surface area is 101 Å². The number of rotatable bonds is 2. The van der Waals surface area contributed by atoms with E-state index in [9.17, 15) is 4.39 Å². The summed E-state index contributed by atoms with van der Waals surface area (Å²) in [5.74, 6) is 0.0427. The maximum absolute atomic E-state index is 13.9. The molecule has 0 fully saturated rings. The molecule has 2 rings (SSSR count). The van der Waals surface area contributed by atoms with Crippen LogP contribution in [0, 0.1) is 12.7 Å². The summed E-state index contributed by atoms with van der Waals surface area (Å²) in [7, 11) is 0. The largest absolute Gasteiger partial charge is 0.262 e. The van der Waals surface area contributed by atoms with Crippen LogP contribution in [0.3, 0.4) is 0 Å². The fourth-order valence-corrected chi connectivity index (χ4v) is 2.38. The number of aryl methyl sites for hydroxylation is 1. The summed E-state index contributed by atoms with van der Waals surface area (Å²) in [5.41, 5.74) is 2.73. The zero-order chi connectivity index (χ0) is 12.7. The molecule has 0 saturated carbocycles. The summed E-state index contributed by atoms with van der Waals surface area (Å²) in [5, 5.41) is 5.50. The highest BCUT2D eigenvalue weighted by Gasteiger charge is 2.18. The molecule has 0 N–H and O–H groups in total. The minimum absolute atomic E-state index is 0.126. The summed E-state index contributed by atoms with van der Waals surface area (Å²) >= 11 is 0. The number of fused-ring (bicyclic) bond motifs is 1. The molecule has 92 valence electrons. The van der Waals surface area contributed by atoms with Crippen LogP contribution in [0.1, 0.15) is 50.9 Å². The first-order chi connectivity index (χ1) is 7.93. The predicted octanol–water partition coefficient (Wildman–Crippen LogP) is 4.19. The Kier molecular flexibility index (Phi) is 2.94. The van der Waals surface area contributed by atoms with Gasteiger partial charge in [-0.25, -0.2) is 4.39 Å². The number of aromatic nitrogens is 2. The third kappa shape index (κ3) is 1.84. The molecular weight excluding hydrogens is 215 g/mol. The van der Waals surface area contributed by atoms with Crippen molar-refractivity contribution >= 4 is 10.9 Å². The molecule has 0 amide bonds. The van der Waals surface area contributed by atoms with Crippen LogP contribution in [0.5, 0.6) is 0 Å². The van der Waals surface area contributed by atoms with Gasteiger partial charge in [0.15, 0.2) is 0 Å². The van der Waals surface area contributed by atoms with E-state index < -0.39 is 0 Å². The molecule has 0 radical (unpaired) electrons. The monoisotopic (exact) mass is 234 g/mol. The van der Waals surface area contributed by atoms with E-state index in [1.54, 1.807) is 6.07 Å². The van der Waals surface area contributed by atoms with Crippen LogP contribution in [0.2, 0.25) is 0 Å². The first kappa shape index (κ1) is 12.1. The standard InChI is InChI=1S/C14H19FN2/c1-8(2)13-11(15)6-7-12-14(13)10(5)16-17(12)9(3)4/h6-9H,1-5H3. The second-order valence-corrected chi connectivity index (χ2v) is 5.13. The van der Waals surface area contributed by atoms with Gasteiger partial charge in [0.1, 0.15) is 5.82 Å². The molecule has 0 atom stereocenters. The van der Waals surface area contributed by atoms with Gasteiger partial charge in [-0.2, -0.15) is 5.10 Å². The molecule has 0 aliphatic heterocycles. The SMILES string of the molecule is Cc1nn(C(C)C)c2ccc(F)c(C(C)C)c12. The van der Waals surface area contributed by atoms with E-state index in [-0.39, 0.29) is 17.8 Å². The van der Waals surface area contributed by atoms with Crippen LogP contribution >= 0.6 is 0 Å². The van der Waals surface area contributed by atoms with Gasteiger partial charge in [-0.3, -0.25) is 4.68 Å². The molecule has 0 bridgehead atoms. The number of hydrogen-bond acceptors (Lipinski definition) is 1. The first-order valence-corrected chi connectivity index (χ1v) is 6.10. The van der Waals surface area contributed by atoms with E-state index in [0.29, 0.717) is 0 Å². The summed E-state index contributed by atoms with van der Waals surface area (Å²) < 4.78 is 15.9. The molecule has 1 aromatic heterocycles. The van der Waals surface area contributed by atoms with Crippen molar-refractivity contribution in [1.29, 1.82) is 0 Å². The molecule has 0 aliphatic rings. The Morgan fingerprint density at radius 1 is 1.18 bits per heavy atom. The second kappa shape index (κ2) is 4.13. The van der Waals surface area contributed by atoms with Crippen molar-refractivity contribution in [3.05, 3.63) is 29.2 Å². The van der Waals surface area contributed by atoms with Gasteiger partial charge < -0.3 is 0 Å². The lowest BCUT2D eigenvalue weighted by Gasteiger charge is -2.11. The topological polar surface area (TPSA) is 17.8 Å². The molecular formula is C14H19FN2. The van der Waals surface area contributed by atoms with Gasteiger partial charge >= 0.3 is 0 Å². The number of benzene rings is 1. The maximum atomic E-state index is 13.9. The Balaban J connectivity index is 2.86. The predicted molar refractivity (Wildman–Crippen MR) is 68.9 cm³/mol. The minimum atomic E-state index is -0.126.